The van der Waals surface area contributed by atoms with Crippen molar-refractivity contribution in [2.75, 3.05) is 6.61 Å². The van der Waals surface area contributed by atoms with Crippen molar-refractivity contribution < 1.29 is 13.9 Å². The van der Waals surface area contributed by atoms with Crippen LogP contribution in [0.25, 0.3) is 0 Å². The first-order chi connectivity index (χ1) is 9.73. The van der Waals surface area contributed by atoms with Gasteiger partial charge in [0.1, 0.15) is 12.4 Å². The lowest BCUT2D eigenvalue weighted by Gasteiger charge is -2.20. The van der Waals surface area contributed by atoms with Gasteiger partial charge in [-0.15, -0.1) is 12.4 Å². The van der Waals surface area contributed by atoms with Crippen LogP contribution in [0, 0.1) is 0 Å². The maximum Gasteiger partial charge on any atom is 0.251 e. The van der Waals surface area contributed by atoms with Gasteiger partial charge in [-0.3, -0.25) is 4.79 Å². The van der Waals surface area contributed by atoms with E-state index in [4.69, 9.17) is 10.5 Å². The fourth-order valence-electron chi connectivity index (χ4n) is 1.54. The Morgan fingerprint density at radius 3 is 2.32 bits per heavy atom. The lowest BCUT2D eigenvalue weighted by Crippen LogP contribution is -2.40. The van der Waals surface area contributed by atoms with Crippen LogP contribution in [0.1, 0.15) is 38.1 Å². The third-order valence-corrected chi connectivity index (χ3v) is 2.74. The van der Waals surface area contributed by atoms with Gasteiger partial charge in [-0.1, -0.05) is 0 Å². The first-order valence-electron chi connectivity index (χ1n) is 6.83. The average Bonchev–Trinajstić information content (AvgIpc) is 2.37. The number of amides is 1. The average molecular weight is 331 g/mol. The minimum absolute atomic E-state index is 0. The van der Waals surface area contributed by atoms with Crippen molar-refractivity contribution in [3.8, 4) is 5.75 Å². The molecule has 0 aromatic heterocycles. The summed E-state index contributed by atoms with van der Waals surface area (Å²) in [6.45, 7) is 7.53. The SMILES string of the molecule is C[C@H](N)/C(=C/F)COc1ccc(C(=O)NC(C)(C)C)cc1.Cl. The molecule has 0 radical (unpaired) electrons. The second-order valence-corrected chi connectivity index (χ2v) is 5.99. The van der Waals surface area contributed by atoms with Gasteiger partial charge in [0.25, 0.3) is 5.91 Å². The highest BCUT2D eigenvalue weighted by molar-refractivity contribution is 5.94. The smallest absolute Gasteiger partial charge is 0.251 e. The van der Waals surface area contributed by atoms with Gasteiger partial charge < -0.3 is 15.8 Å². The number of ether oxygens (including phenoxy) is 1. The number of carbonyl (C=O) groups excluding carboxylic acids is 1. The summed E-state index contributed by atoms with van der Waals surface area (Å²) >= 11 is 0. The molecule has 0 aliphatic heterocycles. The van der Waals surface area contributed by atoms with Crippen LogP contribution in [0.4, 0.5) is 4.39 Å². The van der Waals surface area contributed by atoms with E-state index < -0.39 is 6.04 Å². The summed E-state index contributed by atoms with van der Waals surface area (Å²) in [5.74, 6) is 0.413. The molecule has 1 rings (SSSR count). The quantitative estimate of drug-likeness (QED) is 0.871. The van der Waals surface area contributed by atoms with Crippen molar-refractivity contribution >= 4 is 18.3 Å². The highest BCUT2D eigenvalue weighted by Gasteiger charge is 2.15. The van der Waals surface area contributed by atoms with E-state index >= 15 is 0 Å². The van der Waals surface area contributed by atoms with E-state index in [1.165, 1.54) is 0 Å². The van der Waals surface area contributed by atoms with Crippen LogP contribution in [-0.4, -0.2) is 24.1 Å². The van der Waals surface area contributed by atoms with E-state index in [2.05, 4.69) is 5.32 Å². The lowest BCUT2D eigenvalue weighted by molar-refractivity contribution is 0.0919. The zero-order chi connectivity index (χ0) is 16.0. The lowest BCUT2D eigenvalue weighted by atomic mass is 10.1. The normalized spacial score (nSPS) is 13.1. The molecule has 0 aliphatic rings. The molecule has 0 saturated heterocycles. The van der Waals surface area contributed by atoms with Gasteiger partial charge in [0.05, 0.1) is 6.33 Å². The number of nitrogens with two attached hydrogens (primary N) is 1. The molecule has 0 fully saturated rings. The van der Waals surface area contributed by atoms with E-state index in [-0.39, 0.29) is 30.5 Å². The Bertz CT molecular complexity index is 508. The van der Waals surface area contributed by atoms with Crippen LogP contribution in [0.2, 0.25) is 0 Å². The van der Waals surface area contributed by atoms with Crippen LogP contribution < -0.4 is 15.8 Å². The van der Waals surface area contributed by atoms with Crippen molar-refractivity contribution in [3.05, 3.63) is 41.7 Å². The second-order valence-electron chi connectivity index (χ2n) is 5.99. The predicted octanol–water partition coefficient (Wildman–Crippen LogP) is 3.22. The topological polar surface area (TPSA) is 64.3 Å². The molecule has 1 aromatic carbocycles. The number of halogens is 2. The van der Waals surface area contributed by atoms with Gasteiger partial charge in [-0.05, 0) is 52.0 Å². The van der Waals surface area contributed by atoms with Crippen LogP contribution in [0.5, 0.6) is 5.75 Å². The van der Waals surface area contributed by atoms with Crippen LogP contribution in [0.3, 0.4) is 0 Å². The molecular formula is C16H24ClFN2O2. The van der Waals surface area contributed by atoms with Gasteiger partial charge in [-0.2, -0.15) is 0 Å². The molecule has 124 valence electrons. The fraction of sp³-hybridized carbons (Fsp3) is 0.438. The zero-order valence-electron chi connectivity index (χ0n) is 13.4. The molecular weight excluding hydrogens is 307 g/mol. The van der Waals surface area contributed by atoms with Crippen molar-refractivity contribution in [3.63, 3.8) is 0 Å². The monoisotopic (exact) mass is 330 g/mol. The molecule has 0 aliphatic carbocycles. The van der Waals surface area contributed by atoms with Gasteiger partial charge in [0.15, 0.2) is 0 Å². The predicted molar refractivity (Wildman–Crippen MR) is 89.2 cm³/mol. The Labute approximate surface area is 137 Å². The molecule has 0 spiro atoms. The molecule has 0 bridgehead atoms. The second kappa shape index (κ2) is 8.76. The van der Waals surface area contributed by atoms with Gasteiger partial charge in [0.2, 0.25) is 0 Å². The van der Waals surface area contributed by atoms with Crippen molar-refractivity contribution in [1.82, 2.24) is 5.32 Å². The highest BCUT2D eigenvalue weighted by atomic mass is 35.5. The molecule has 1 aromatic rings. The minimum Gasteiger partial charge on any atom is -0.489 e. The molecule has 1 atom stereocenters. The molecule has 0 unspecified atom stereocenters. The van der Waals surface area contributed by atoms with Crippen molar-refractivity contribution in [2.45, 2.75) is 39.3 Å². The summed E-state index contributed by atoms with van der Waals surface area (Å²) in [7, 11) is 0. The van der Waals surface area contributed by atoms with Crippen LogP contribution in [0.15, 0.2) is 36.2 Å². The maximum atomic E-state index is 12.6. The molecule has 22 heavy (non-hydrogen) atoms. The number of hydrogen-bond acceptors (Lipinski definition) is 3. The Balaban J connectivity index is 0.00000441. The molecule has 0 heterocycles. The third-order valence-electron chi connectivity index (χ3n) is 2.74. The summed E-state index contributed by atoms with van der Waals surface area (Å²) in [4.78, 5) is 11.9. The van der Waals surface area contributed by atoms with E-state index in [1.54, 1.807) is 31.2 Å². The minimum atomic E-state index is -0.396. The fourth-order valence-corrected chi connectivity index (χ4v) is 1.54. The Morgan fingerprint density at radius 1 is 1.36 bits per heavy atom. The third kappa shape index (κ3) is 6.91. The number of nitrogens with one attached hydrogen (secondary N) is 1. The standard InChI is InChI=1S/C16H23FN2O2.ClH/c1-11(18)13(9-17)10-21-14-7-5-12(6-8-14)15(20)19-16(2,3)4;/h5-9,11H,10,18H2,1-4H3,(H,19,20);1H/b13-9+;/t11-;/m0./s1. The number of rotatable bonds is 5. The Hall–Kier alpha value is -1.59. The molecule has 1 amide bonds. The molecule has 3 N–H and O–H groups in total. The summed E-state index contributed by atoms with van der Waals surface area (Å²) in [6, 6.07) is 6.29. The van der Waals surface area contributed by atoms with E-state index in [0.717, 1.165) is 0 Å². The van der Waals surface area contributed by atoms with Gasteiger partial charge >= 0.3 is 0 Å². The van der Waals surface area contributed by atoms with Gasteiger partial charge in [0, 0.05) is 22.7 Å². The van der Waals surface area contributed by atoms with E-state index in [1.807, 2.05) is 20.8 Å². The van der Waals surface area contributed by atoms with Crippen LogP contribution in [-0.2, 0) is 0 Å². The zero-order valence-corrected chi connectivity index (χ0v) is 14.2. The van der Waals surface area contributed by atoms with Crippen molar-refractivity contribution in [1.29, 1.82) is 0 Å². The first-order valence-corrected chi connectivity index (χ1v) is 6.83. The van der Waals surface area contributed by atoms with E-state index in [0.29, 0.717) is 23.2 Å². The van der Waals surface area contributed by atoms with Gasteiger partial charge in [-0.25, -0.2) is 4.39 Å². The van der Waals surface area contributed by atoms with Crippen LogP contribution >= 0.6 is 12.4 Å². The highest BCUT2D eigenvalue weighted by Crippen LogP contribution is 2.14. The largest absolute Gasteiger partial charge is 0.489 e. The number of hydrogen-bond donors (Lipinski definition) is 2. The summed E-state index contributed by atoms with van der Waals surface area (Å²) < 4.78 is 18.0. The summed E-state index contributed by atoms with van der Waals surface area (Å²) in [5, 5.41) is 2.87. The number of benzene rings is 1. The Kier molecular flexibility index (Phi) is 8.12. The summed E-state index contributed by atoms with van der Waals surface area (Å²) in [6.07, 6.45) is 0.468. The molecule has 4 nitrogen and oxygen atoms in total. The Morgan fingerprint density at radius 2 is 1.91 bits per heavy atom. The van der Waals surface area contributed by atoms with E-state index in [9.17, 15) is 9.18 Å². The van der Waals surface area contributed by atoms with Crippen molar-refractivity contribution in [2.24, 2.45) is 5.73 Å². The summed E-state index contributed by atoms with van der Waals surface area (Å²) in [5.41, 5.74) is 6.23. The molecule has 0 saturated carbocycles. The first kappa shape index (κ1) is 20.4. The molecule has 6 heteroatoms. The number of carbonyl (C=O) groups is 1. The maximum absolute atomic E-state index is 12.6.